The summed E-state index contributed by atoms with van der Waals surface area (Å²) in [6.07, 6.45) is 3.47. The largest absolute Gasteiger partial charge is 0.467 e. The van der Waals surface area contributed by atoms with Crippen molar-refractivity contribution in [3.63, 3.8) is 0 Å². The van der Waals surface area contributed by atoms with Crippen molar-refractivity contribution in [2.45, 2.75) is 18.5 Å². The van der Waals surface area contributed by atoms with E-state index in [9.17, 15) is 9.18 Å². The topological polar surface area (TPSA) is 70.4 Å². The van der Waals surface area contributed by atoms with Crippen molar-refractivity contribution in [2.24, 2.45) is 0 Å². The second-order valence-corrected chi connectivity index (χ2v) is 7.00. The third kappa shape index (κ3) is 4.12. The maximum absolute atomic E-state index is 13.8. The number of nitrogens with zero attached hydrogens (tertiary/aromatic N) is 2. The van der Waals surface area contributed by atoms with E-state index in [-0.39, 0.29) is 30.1 Å². The van der Waals surface area contributed by atoms with Gasteiger partial charge in [-0.3, -0.25) is 9.78 Å². The number of benzene rings is 1. The number of halogens is 1. The van der Waals surface area contributed by atoms with Crippen molar-refractivity contribution >= 4 is 28.9 Å². The van der Waals surface area contributed by atoms with Crippen LogP contribution < -0.4 is 10.6 Å². The van der Waals surface area contributed by atoms with E-state index in [1.807, 2.05) is 35.2 Å². The van der Waals surface area contributed by atoms with Crippen LogP contribution >= 0.6 is 12.2 Å². The summed E-state index contributed by atoms with van der Waals surface area (Å²) in [6, 6.07) is 15.0. The van der Waals surface area contributed by atoms with E-state index in [0.717, 1.165) is 11.5 Å². The summed E-state index contributed by atoms with van der Waals surface area (Å²) in [5.74, 6) is -0.0391. The summed E-state index contributed by atoms with van der Waals surface area (Å²) in [4.78, 5) is 18.7. The van der Waals surface area contributed by atoms with E-state index in [0.29, 0.717) is 11.7 Å². The lowest BCUT2D eigenvalue weighted by Gasteiger charge is -2.25. The summed E-state index contributed by atoms with van der Waals surface area (Å²) in [7, 11) is 0. The van der Waals surface area contributed by atoms with Crippen molar-refractivity contribution in [1.29, 1.82) is 0 Å². The summed E-state index contributed by atoms with van der Waals surface area (Å²) >= 11 is 5.52. The lowest BCUT2D eigenvalue weighted by Crippen LogP contribution is -2.32. The zero-order valence-electron chi connectivity index (χ0n) is 15.4. The van der Waals surface area contributed by atoms with E-state index in [4.69, 9.17) is 16.6 Å². The monoisotopic (exact) mass is 410 g/mol. The summed E-state index contributed by atoms with van der Waals surface area (Å²) in [5, 5.41) is 6.40. The number of nitrogens with one attached hydrogen (secondary N) is 2. The Balaban J connectivity index is 1.50. The zero-order valence-corrected chi connectivity index (χ0v) is 16.2. The number of aromatic nitrogens is 1. The average Bonchev–Trinajstić information content (AvgIpc) is 3.36. The van der Waals surface area contributed by atoms with Crippen molar-refractivity contribution < 1.29 is 13.6 Å². The highest BCUT2D eigenvalue weighted by atomic mass is 32.1. The number of furan rings is 1. The molecule has 2 N–H and O–H groups in total. The third-order valence-electron chi connectivity index (χ3n) is 4.76. The number of hydrogen-bond donors (Lipinski definition) is 2. The quantitative estimate of drug-likeness (QED) is 0.602. The third-order valence-corrected chi connectivity index (χ3v) is 5.11. The number of hydrogen-bond acceptors (Lipinski definition) is 4. The number of carbonyl (C=O) groups excluding carboxylic acids is 1. The molecular formula is C21H19FN4O2S. The second-order valence-electron chi connectivity index (χ2n) is 6.61. The first kappa shape index (κ1) is 19.1. The summed E-state index contributed by atoms with van der Waals surface area (Å²) in [5.41, 5.74) is 0.989. The number of rotatable bonds is 6. The first-order chi connectivity index (χ1) is 14.1. The summed E-state index contributed by atoms with van der Waals surface area (Å²) in [6.45, 7) is 0.348. The molecule has 1 amide bonds. The molecule has 0 spiro atoms. The molecule has 2 unspecified atom stereocenters. The van der Waals surface area contributed by atoms with Gasteiger partial charge in [0.1, 0.15) is 17.6 Å². The molecule has 1 fully saturated rings. The number of para-hydroxylation sites is 1. The van der Waals surface area contributed by atoms with Crippen LogP contribution in [-0.2, 0) is 4.79 Å². The molecule has 1 saturated heterocycles. The molecular weight excluding hydrogens is 391 g/mol. The Morgan fingerprint density at radius 1 is 1.21 bits per heavy atom. The van der Waals surface area contributed by atoms with Crippen LogP contribution in [0.15, 0.2) is 71.5 Å². The Labute approximate surface area is 172 Å². The molecule has 1 aliphatic heterocycles. The van der Waals surface area contributed by atoms with E-state index in [2.05, 4.69) is 15.6 Å². The van der Waals surface area contributed by atoms with Crippen molar-refractivity contribution in [3.8, 4) is 0 Å². The molecule has 8 heteroatoms. The standard InChI is InChI=1S/C21H19FN4O2S/c22-14-6-1-2-7-15(14)24-18(27)10-12-26-20(17-9-5-13-28-17)19(25-21(26)29)16-8-3-4-11-23-16/h1-9,11,13,19-20H,10,12H2,(H,24,27)(H,25,29). The molecule has 29 heavy (non-hydrogen) atoms. The van der Waals surface area contributed by atoms with Gasteiger partial charge in [0.2, 0.25) is 5.91 Å². The number of thiocarbonyl (C=S) groups is 1. The van der Waals surface area contributed by atoms with Gasteiger partial charge in [0.05, 0.1) is 23.7 Å². The Bertz CT molecular complexity index is 997. The Kier molecular flexibility index (Phi) is 5.53. The average molecular weight is 410 g/mol. The lowest BCUT2D eigenvalue weighted by molar-refractivity contribution is -0.116. The first-order valence-corrected chi connectivity index (χ1v) is 9.60. The van der Waals surface area contributed by atoms with Crippen LogP contribution in [-0.4, -0.2) is 27.4 Å². The maximum Gasteiger partial charge on any atom is 0.226 e. The molecule has 0 bridgehead atoms. The molecule has 0 aliphatic carbocycles. The van der Waals surface area contributed by atoms with Gasteiger partial charge in [-0.25, -0.2) is 4.39 Å². The van der Waals surface area contributed by atoms with E-state index >= 15 is 0 Å². The van der Waals surface area contributed by atoms with Crippen LogP contribution in [0.3, 0.4) is 0 Å². The summed E-state index contributed by atoms with van der Waals surface area (Å²) < 4.78 is 19.4. The fourth-order valence-corrected chi connectivity index (χ4v) is 3.74. The van der Waals surface area contributed by atoms with Gasteiger partial charge in [-0.05, 0) is 48.6 Å². The Morgan fingerprint density at radius 3 is 2.76 bits per heavy atom. The zero-order chi connectivity index (χ0) is 20.2. The minimum absolute atomic E-state index is 0.141. The first-order valence-electron chi connectivity index (χ1n) is 9.19. The van der Waals surface area contributed by atoms with Crippen molar-refractivity contribution in [2.75, 3.05) is 11.9 Å². The van der Waals surface area contributed by atoms with E-state index in [1.54, 1.807) is 24.6 Å². The molecule has 2 atom stereocenters. The molecule has 2 aromatic heterocycles. The van der Waals surface area contributed by atoms with Crippen LogP contribution in [0.4, 0.5) is 10.1 Å². The highest BCUT2D eigenvalue weighted by molar-refractivity contribution is 7.80. The number of anilines is 1. The molecule has 1 aliphatic rings. The van der Waals surface area contributed by atoms with Crippen LogP contribution in [0.5, 0.6) is 0 Å². The highest BCUT2D eigenvalue weighted by Crippen LogP contribution is 2.38. The van der Waals surface area contributed by atoms with Gasteiger partial charge in [-0.1, -0.05) is 18.2 Å². The van der Waals surface area contributed by atoms with Gasteiger partial charge >= 0.3 is 0 Å². The minimum atomic E-state index is -0.470. The van der Waals surface area contributed by atoms with Crippen molar-refractivity contribution in [3.05, 3.63) is 84.3 Å². The van der Waals surface area contributed by atoms with Gasteiger partial charge in [0.25, 0.3) is 0 Å². The SMILES string of the molecule is O=C(CCN1C(=S)NC(c2ccccn2)C1c1ccco1)Nc1ccccc1F. The van der Waals surface area contributed by atoms with Crippen molar-refractivity contribution in [1.82, 2.24) is 15.2 Å². The Morgan fingerprint density at radius 2 is 2.03 bits per heavy atom. The Hall–Kier alpha value is -3.26. The van der Waals surface area contributed by atoms with E-state index in [1.165, 1.54) is 12.1 Å². The van der Waals surface area contributed by atoms with Gasteiger partial charge in [0, 0.05) is 19.2 Å². The molecule has 148 valence electrons. The molecule has 0 radical (unpaired) electrons. The molecule has 6 nitrogen and oxygen atoms in total. The second kappa shape index (κ2) is 8.40. The van der Waals surface area contributed by atoms with Crippen LogP contribution in [0.2, 0.25) is 0 Å². The molecule has 0 saturated carbocycles. The van der Waals surface area contributed by atoms with Crippen LogP contribution in [0, 0.1) is 5.82 Å². The van der Waals surface area contributed by atoms with E-state index < -0.39 is 5.82 Å². The van der Waals surface area contributed by atoms with Crippen LogP contribution in [0.25, 0.3) is 0 Å². The predicted octanol–water partition coefficient (Wildman–Crippen LogP) is 3.82. The highest BCUT2D eigenvalue weighted by Gasteiger charge is 2.41. The van der Waals surface area contributed by atoms with Gasteiger partial charge in [-0.15, -0.1) is 0 Å². The van der Waals surface area contributed by atoms with Gasteiger partial charge < -0.3 is 20.0 Å². The fraction of sp³-hybridized carbons (Fsp3) is 0.190. The maximum atomic E-state index is 13.8. The van der Waals surface area contributed by atoms with Crippen LogP contribution in [0.1, 0.15) is 30.0 Å². The molecule has 3 aromatic rings. The smallest absolute Gasteiger partial charge is 0.226 e. The predicted molar refractivity (Wildman–Crippen MR) is 111 cm³/mol. The number of pyridine rings is 1. The number of carbonyl (C=O) groups is 1. The molecule has 3 heterocycles. The van der Waals surface area contributed by atoms with Gasteiger partial charge in [0.15, 0.2) is 5.11 Å². The lowest BCUT2D eigenvalue weighted by atomic mass is 10.0. The molecule has 1 aromatic carbocycles. The fourth-order valence-electron chi connectivity index (χ4n) is 3.41. The van der Waals surface area contributed by atoms with Gasteiger partial charge in [-0.2, -0.15) is 0 Å². The number of amides is 1. The minimum Gasteiger partial charge on any atom is -0.467 e. The normalized spacial score (nSPS) is 18.5. The molecule has 4 rings (SSSR count).